The molecule has 0 aliphatic heterocycles. The monoisotopic (exact) mass is 292 g/mol. The Balaban J connectivity index is 2.32. The summed E-state index contributed by atoms with van der Waals surface area (Å²) in [6, 6.07) is 8.06. The third-order valence-corrected chi connectivity index (χ3v) is 3.30. The Morgan fingerprint density at radius 3 is 2.41 bits per heavy atom. The van der Waals surface area contributed by atoms with Crippen LogP contribution in [0.2, 0.25) is 0 Å². The molecule has 1 aromatic carbocycles. The van der Waals surface area contributed by atoms with Gasteiger partial charge in [0.1, 0.15) is 0 Å². The first-order chi connectivity index (χ1) is 8.06. The Morgan fingerprint density at radius 2 is 1.76 bits per heavy atom. The predicted molar refractivity (Wildman–Crippen MR) is 73.3 cm³/mol. The van der Waals surface area contributed by atoms with E-state index >= 15 is 0 Å². The first-order valence-electron chi connectivity index (χ1n) is 5.19. The van der Waals surface area contributed by atoms with Gasteiger partial charge in [0.15, 0.2) is 5.82 Å². The van der Waals surface area contributed by atoms with Gasteiger partial charge < -0.3 is 11.1 Å². The van der Waals surface area contributed by atoms with Crippen molar-refractivity contribution in [2.24, 2.45) is 0 Å². The quantitative estimate of drug-likeness (QED) is 0.892. The number of nitrogen functional groups attached to an aromatic ring is 1. The Hall–Kier alpha value is -1.62. The molecule has 0 bridgehead atoms. The van der Waals surface area contributed by atoms with Crippen molar-refractivity contribution in [2.75, 3.05) is 11.1 Å². The lowest BCUT2D eigenvalue weighted by molar-refractivity contribution is 1.10. The van der Waals surface area contributed by atoms with E-state index in [-0.39, 0.29) is 5.95 Å². The lowest BCUT2D eigenvalue weighted by Gasteiger charge is -2.09. The molecule has 0 fully saturated rings. The van der Waals surface area contributed by atoms with Crippen molar-refractivity contribution < 1.29 is 0 Å². The number of nitrogens with two attached hydrogens (primary N) is 1. The van der Waals surface area contributed by atoms with Gasteiger partial charge in [-0.05, 0) is 41.9 Å². The number of hydrogen-bond acceptors (Lipinski definition) is 4. The molecule has 0 saturated carbocycles. The second-order valence-electron chi connectivity index (χ2n) is 3.82. The van der Waals surface area contributed by atoms with Gasteiger partial charge in [-0.3, -0.25) is 0 Å². The van der Waals surface area contributed by atoms with Gasteiger partial charge in [-0.15, -0.1) is 0 Å². The molecule has 1 aromatic heterocycles. The number of nitrogens with one attached hydrogen (secondary N) is 1. The van der Waals surface area contributed by atoms with Gasteiger partial charge in [0.2, 0.25) is 5.95 Å². The van der Waals surface area contributed by atoms with E-state index < -0.39 is 0 Å². The topological polar surface area (TPSA) is 63.8 Å². The zero-order chi connectivity index (χ0) is 12.4. The molecule has 5 heteroatoms. The van der Waals surface area contributed by atoms with Crippen LogP contribution >= 0.6 is 15.9 Å². The average molecular weight is 293 g/mol. The Labute approximate surface area is 108 Å². The largest absolute Gasteiger partial charge is 0.368 e. The van der Waals surface area contributed by atoms with Crippen LogP contribution in [-0.4, -0.2) is 9.97 Å². The molecule has 0 aliphatic carbocycles. The van der Waals surface area contributed by atoms with Crippen molar-refractivity contribution in [3.8, 4) is 0 Å². The smallest absolute Gasteiger partial charge is 0.222 e. The fourth-order valence-electron chi connectivity index (χ4n) is 1.44. The second-order valence-corrected chi connectivity index (χ2v) is 4.61. The van der Waals surface area contributed by atoms with E-state index in [0.29, 0.717) is 5.82 Å². The molecular formula is C12H13BrN4. The van der Waals surface area contributed by atoms with Crippen LogP contribution < -0.4 is 11.1 Å². The SMILES string of the molecule is Cc1ccc(Nc2nc(N)nc(C)c2Br)cc1. The zero-order valence-electron chi connectivity index (χ0n) is 9.66. The van der Waals surface area contributed by atoms with E-state index in [9.17, 15) is 0 Å². The Bertz CT molecular complexity index is 537. The fourth-order valence-corrected chi connectivity index (χ4v) is 1.71. The summed E-state index contributed by atoms with van der Waals surface area (Å²) in [7, 11) is 0. The summed E-state index contributed by atoms with van der Waals surface area (Å²) in [5.41, 5.74) is 8.62. The van der Waals surface area contributed by atoms with Gasteiger partial charge >= 0.3 is 0 Å². The molecule has 0 aliphatic rings. The average Bonchev–Trinajstić information content (AvgIpc) is 2.28. The summed E-state index contributed by atoms with van der Waals surface area (Å²) in [4.78, 5) is 8.23. The van der Waals surface area contributed by atoms with E-state index in [2.05, 4.69) is 31.2 Å². The predicted octanol–water partition coefficient (Wildman–Crippen LogP) is 3.18. The van der Waals surface area contributed by atoms with E-state index in [1.165, 1.54) is 5.56 Å². The number of hydrogen-bond donors (Lipinski definition) is 2. The Kier molecular flexibility index (Phi) is 3.28. The van der Waals surface area contributed by atoms with Crippen LogP contribution in [-0.2, 0) is 0 Å². The molecule has 17 heavy (non-hydrogen) atoms. The van der Waals surface area contributed by atoms with Crippen LogP contribution in [0.4, 0.5) is 17.5 Å². The summed E-state index contributed by atoms with van der Waals surface area (Å²) in [5, 5.41) is 3.20. The van der Waals surface area contributed by atoms with Gasteiger partial charge in [-0.25, -0.2) is 4.98 Å². The van der Waals surface area contributed by atoms with Gasteiger partial charge in [0.25, 0.3) is 0 Å². The molecule has 2 aromatic rings. The molecule has 2 rings (SSSR count). The first kappa shape index (κ1) is 11.9. The number of halogens is 1. The minimum absolute atomic E-state index is 0.264. The second kappa shape index (κ2) is 4.71. The summed E-state index contributed by atoms with van der Waals surface area (Å²) >= 11 is 3.44. The van der Waals surface area contributed by atoms with Gasteiger partial charge in [-0.2, -0.15) is 4.98 Å². The number of anilines is 3. The standard InChI is InChI=1S/C12H13BrN4/c1-7-3-5-9(6-4-7)16-11-10(13)8(2)15-12(14)17-11/h3-6H,1-2H3,(H3,14,15,16,17). The highest BCUT2D eigenvalue weighted by Gasteiger charge is 2.07. The molecule has 4 nitrogen and oxygen atoms in total. The third-order valence-electron chi connectivity index (χ3n) is 2.35. The van der Waals surface area contributed by atoms with E-state index in [1.54, 1.807) is 0 Å². The van der Waals surface area contributed by atoms with Crippen LogP contribution in [0.15, 0.2) is 28.7 Å². The van der Waals surface area contributed by atoms with Crippen LogP contribution in [0.25, 0.3) is 0 Å². The summed E-state index contributed by atoms with van der Waals surface area (Å²) in [6.07, 6.45) is 0. The summed E-state index contributed by atoms with van der Waals surface area (Å²) in [5.74, 6) is 0.944. The maximum Gasteiger partial charge on any atom is 0.222 e. The Morgan fingerprint density at radius 1 is 1.12 bits per heavy atom. The summed E-state index contributed by atoms with van der Waals surface area (Å²) < 4.78 is 0.826. The number of benzene rings is 1. The van der Waals surface area contributed by atoms with Crippen molar-refractivity contribution >= 4 is 33.4 Å². The highest BCUT2D eigenvalue weighted by Crippen LogP contribution is 2.26. The summed E-state index contributed by atoms with van der Waals surface area (Å²) in [6.45, 7) is 3.93. The number of aromatic nitrogens is 2. The van der Waals surface area contributed by atoms with Crippen molar-refractivity contribution in [2.45, 2.75) is 13.8 Å². The molecule has 88 valence electrons. The minimum atomic E-state index is 0.264. The zero-order valence-corrected chi connectivity index (χ0v) is 11.2. The number of nitrogens with zero attached hydrogens (tertiary/aromatic N) is 2. The molecule has 0 amide bonds. The van der Waals surface area contributed by atoms with Crippen molar-refractivity contribution in [1.29, 1.82) is 0 Å². The molecule has 0 saturated heterocycles. The fraction of sp³-hybridized carbons (Fsp3) is 0.167. The maximum absolute atomic E-state index is 5.62. The van der Waals surface area contributed by atoms with Crippen molar-refractivity contribution in [3.63, 3.8) is 0 Å². The minimum Gasteiger partial charge on any atom is -0.368 e. The van der Waals surface area contributed by atoms with Crippen LogP contribution in [0.1, 0.15) is 11.3 Å². The molecule has 3 N–H and O–H groups in total. The van der Waals surface area contributed by atoms with E-state index in [1.807, 2.05) is 38.1 Å². The van der Waals surface area contributed by atoms with E-state index in [4.69, 9.17) is 5.73 Å². The van der Waals surface area contributed by atoms with Crippen molar-refractivity contribution in [3.05, 3.63) is 40.0 Å². The molecule has 0 spiro atoms. The molecule has 0 atom stereocenters. The first-order valence-corrected chi connectivity index (χ1v) is 5.99. The van der Waals surface area contributed by atoms with Crippen molar-refractivity contribution in [1.82, 2.24) is 9.97 Å². The van der Waals surface area contributed by atoms with E-state index in [0.717, 1.165) is 15.9 Å². The molecular weight excluding hydrogens is 280 g/mol. The van der Waals surface area contributed by atoms with Crippen LogP contribution in [0, 0.1) is 13.8 Å². The molecule has 1 heterocycles. The highest BCUT2D eigenvalue weighted by atomic mass is 79.9. The highest BCUT2D eigenvalue weighted by molar-refractivity contribution is 9.10. The molecule has 0 radical (unpaired) electrons. The van der Waals surface area contributed by atoms with Crippen LogP contribution in [0.5, 0.6) is 0 Å². The normalized spacial score (nSPS) is 10.3. The number of aryl methyl sites for hydroxylation is 2. The van der Waals surface area contributed by atoms with Gasteiger partial charge in [0, 0.05) is 5.69 Å². The molecule has 0 unspecified atom stereocenters. The third kappa shape index (κ3) is 2.74. The van der Waals surface area contributed by atoms with Gasteiger partial charge in [0.05, 0.1) is 10.2 Å². The van der Waals surface area contributed by atoms with Crippen LogP contribution in [0.3, 0.4) is 0 Å². The van der Waals surface area contributed by atoms with Gasteiger partial charge in [-0.1, -0.05) is 17.7 Å². The number of rotatable bonds is 2. The lowest BCUT2D eigenvalue weighted by Crippen LogP contribution is -2.03. The maximum atomic E-state index is 5.62. The lowest BCUT2D eigenvalue weighted by atomic mass is 10.2.